The van der Waals surface area contributed by atoms with E-state index in [0.717, 1.165) is 5.56 Å². The van der Waals surface area contributed by atoms with E-state index >= 15 is 0 Å². The summed E-state index contributed by atoms with van der Waals surface area (Å²) in [7, 11) is 0. The average Bonchev–Trinajstić information content (AvgIpc) is 2.14. The fourth-order valence-electron chi connectivity index (χ4n) is 1.14. The molecule has 0 amide bonds. The zero-order chi connectivity index (χ0) is 11.3. The molecule has 0 aliphatic heterocycles. The molecule has 0 spiro atoms. The van der Waals surface area contributed by atoms with Crippen LogP contribution in [-0.2, 0) is 11.2 Å². The second-order valence-electron chi connectivity index (χ2n) is 3.06. The highest BCUT2D eigenvalue weighted by atomic mass is 35.5. The van der Waals surface area contributed by atoms with Crippen molar-refractivity contribution in [3.05, 3.63) is 33.8 Å². The van der Waals surface area contributed by atoms with Gasteiger partial charge in [0.1, 0.15) is 0 Å². The van der Waals surface area contributed by atoms with E-state index in [1.54, 1.807) is 12.1 Å². The smallest absolute Gasteiger partial charge is 0.317 e. The number of hydrogen-bond donors (Lipinski definition) is 2. The van der Waals surface area contributed by atoms with Gasteiger partial charge in [-0.1, -0.05) is 29.3 Å². The third kappa shape index (κ3) is 4.51. The van der Waals surface area contributed by atoms with Crippen molar-refractivity contribution in [1.29, 1.82) is 0 Å². The van der Waals surface area contributed by atoms with Crippen molar-refractivity contribution in [2.24, 2.45) is 0 Å². The molecule has 0 saturated heterocycles. The molecule has 1 aromatic rings. The zero-order valence-corrected chi connectivity index (χ0v) is 9.48. The summed E-state index contributed by atoms with van der Waals surface area (Å²) in [5, 5.41) is 12.4. The summed E-state index contributed by atoms with van der Waals surface area (Å²) < 4.78 is 0. The number of hydrogen-bond acceptors (Lipinski definition) is 2. The molecule has 5 heteroatoms. The standard InChI is InChI=1S/C10H11Cl2NO2/c11-8-2-1-7(9(12)5-8)3-4-13-6-10(14)15/h1-2,5,13H,3-4,6H2,(H,14,15). The first-order valence-corrected chi connectivity index (χ1v) is 5.21. The Kier molecular flexibility index (Phi) is 4.88. The number of carboxylic acids is 1. The largest absolute Gasteiger partial charge is 0.480 e. The van der Waals surface area contributed by atoms with Crippen molar-refractivity contribution in [1.82, 2.24) is 5.32 Å². The van der Waals surface area contributed by atoms with Gasteiger partial charge in [-0.2, -0.15) is 0 Å². The van der Waals surface area contributed by atoms with Crippen LogP contribution >= 0.6 is 23.2 Å². The van der Waals surface area contributed by atoms with E-state index < -0.39 is 5.97 Å². The predicted molar refractivity (Wildman–Crippen MR) is 60.7 cm³/mol. The summed E-state index contributed by atoms with van der Waals surface area (Å²) in [5.41, 5.74) is 0.957. The van der Waals surface area contributed by atoms with Crippen LogP contribution in [0.3, 0.4) is 0 Å². The van der Waals surface area contributed by atoms with E-state index in [-0.39, 0.29) is 6.54 Å². The Labute approximate surface area is 98.0 Å². The molecule has 3 nitrogen and oxygen atoms in total. The fraction of sp³-hybridized carbons (Fsp3) is 0.300. The molecule has 1 rings (SSSR count). The minimum atomic E-state index is -0.864. The van der Waals surface area contributed by atoms with Gasteiger partial charge in [-0.15, -0.1) is 0 Å². The lowest BCUT2D eigenvalue weighted by molar-refractivity contribution is -0.135. The molecular weight excluding hydrogens is 237 g/mol. The fourth-order valence-corrected chi connectivity index (χ4v) is 1.65. The first-order chi connectivity index (χ1) is 7.09. The number of carbonyl (C=O) groups is 1. The number of halogens is 2. The summed E-state index contributed by atoms with van der Waals surface area (Å²) in [6.45, 7) is 0.541. The van der Waals surface area contributed by atoms with Gasteiger partial charge < -0.3 is 10.4 Å². The van der Waals surface area contributed by atoms with Gasteiger partial charge in [-0.05, 0) is 30.7 Å². The molecule has 2 N–H and O–H groups in total. The summed E-state index contributed by atoms with van der Waals surface area (Å²) in [5.74, 6) is -0.864. The molecule has 82 valence electrons. The van der Waals surface area contributed by atoms with Gasteiger partial charge in [0.15, 0.2) is 0 Å². The number of benzene rings is 1. The summed E-state index contributed by atoms with van der Waals surface area (Å²) in [4.78, 5) is 10.2. The molecule has 0 aliphatic carbocycles. The zero-order valence-electron chi connectivity index (χ0n) is 7.96. The molecule has 0 heterocycles. The Bertz CT molecular complexity index is 355. The first kappa shape index (κ1) is 12.3. The molecule has 0 atom stereocenters. The maximum Gasteiger partial charge on any atom is 0.317 e. The molecule has 0 radical (unpaired) electrons. The third-order valence-corrected chi connectivity index (χ3v) is 2.45. The van der Waals surface area contributed by atoms with Gasteiger partial charge in [0, 0.05) is 10.0 Å². The van der Waals surface area contributed by atoms with Crippen molar-refractivity contribution in [3.8, 4) is 0 Å². The molecule has 0 aromatic heterocycles. The van der Waals surface area contributed by atoms with E-state index in [0.29, 0.717) is 23.0 Å². The topological polar surface area (TPSA) is 49.3 Å². The highest BCUT2D eigenvalue weighted by Gasteiger charge is 2.01. The van der Waals surface area contributed by atoms with Crippen LogP contribution in [0.4, 0.5) is 0 Å². The van der Waals surface area contributed by atoms with Crippen LogP contribution in [0.25, 0.3) is 0 Å². The maximum atomic E-state index is 10.2. The molecule has 0 unspecified atom stereocenters. The van der Waals surface area contributed by atoms with E-state index in [1.807, 2.05) is 6.07 Å². The Balaban J connectivity index is 2.40. The molecule has 1 aromatic carbocycles. The maximum absolute atomic E-state index is 10.2. The Morgan fingerprint density at radius 3 is 2.73 bits per heavy atom. The van der Waals surface area contributed by atoms with Crippen LogP contribution in [0, 0.1) is 0 Å². The average molecular weight is 248 g/mol. The highest BCUT2D eigenvalue weighted by Crippen LogP contribution is 2.20. The molecule has 0 fully saturated rings. The second kappa shape index (κ2) is 5.95. The Hall–Kier alpha value is -0.770. The van der Waals surface area contributed by atoms with Crippen LogP contribution in [-0.4, -0.2) is 24.2 Å². The predicted octanol–water partition coefficient (Wildman–Crippen LogP) is 2.21. The minimum absolute atomic E-state index is 0.0365. The first-order valence-electron chi connectivity index (χ1n) is 4.46. The normalized spacial score (nSPS) is 10.3. The van der Waals surface area contributed by atoms with Gasteiger partial charge in [-0.25, -0.2) is 0 Å². The lowest BCUT2D eigenvalue weighted by atomic mass is 10.1. The number of carboxylic acid groups (broad SMARTS) is 1. The Morgan fingerprint density at radius 2 is 2.13 bits per heavy atom. The van der Waals surface area contributed by atoms with Crippen molar-refractivity contribution in [2.75, 3.05) is 13.1 Å². The minimum Gasteiger partial charge on any atom is -0.480 e. The monoisotopic (exact) mass is 247 g/mol. The molecule has 0 bridgehead atoms. The van der Waals surface area contributed by atoms with E-state index in [4.69, 9.17) is 28.3 Å². The lowest BCUT2D eigenvalue weighted by Crippen LogP contribution is -2.24. The summed E-state index contributed by atoms with van der Waals surface area (Å²) in [6, 6.07) is 5.28. The number of rotatable bonds is 5. The molecule has 0 aliphatic rings. The van der Waals surface area contributed by atoms with Gasteiger partial charge >= 0.3 is 5.97 Å². The van der Waals surface area contributed by atoms with Gasteiger partial charge in [0.2, 0.25) is 0 Å². The molecular formula is C10H11Cl2NO2. The van der Waals surface area contributed by atoms with Gasteiger partial charge in [0.25, 0.3) is 0 Å². The van der Waals surface area contributed by atoms with Gasteiger partial charge in [-0.3, -0.25) is 4.79 Å². The van der Waals surface area contributed by atoms with Crippen LogP contribution in [0.2, 0.25) is 10.0 Å². The third-order valence-electron chi connectivity index (χ3n) is 1.86. The number of nitrogens with one attached hydrogen (secondary N) is 1. The molecule has 15 heavy (non-hydrogen) atoms. The van der Waals surface area contributed by atoms with Crippen LogP contribution < -0.4 is 5.32 Å². The van der Waals surface area contributed by atoms with Crippen molar-refractivity contribution in [3.63, 3.8) is 0 Å². The van der Waals surface area contributed by atoms with E-state index in [2.05, 4.69) is 5.32 Å². The molecule has 0 saturated carbocycles. The van der Waals surface area contributed by atoms with Crippen LogP contribution in [0.5, 0.6) is 0 Å². The van der Waals surface area contributed by atoms with Crippen LogP contribution in [0.1, 0.15) is 5.56 Å². The van der Waals surface area contributed by atoms with E-state index in [9.17, 15) is 4.79 Å². The second-order valence-corrected chi connectivity index (χ2v) is 3.90. The Morgan fingerprint density at radius 1 is 1.40 bits per heavy atom. The highest BCUT2D eigenvalue weighted by molar-refractivity contribution is 6.35. The van der Waals surface area contributed by atoms with Gasteiger partial charge in [0.05, 0.1) is 6.54 Å². The lowest BCUT2D eigenvalue weighted by Gasteiger charge is -2.04. The summed E-state index contributed by atoms with van der Waals surface area (Å²) in [6.07, 6.45) is 0.684. The van der Waals surface area contributed by atoms with Crippen molar-refractivity contribution >= 4 is 29.2 Å². The van der Waals surface area contributed by atoms with Crippen molar-refractivity contribution < 1.29 is 9.90 Å². The van der Waals surface area contributed by atoms with Crippen LogP contribution in [0.15, 0.2) is 18.2 Å². The quantitative estimate of drug-likeness (QED) is 0.785. The van der Waals surface area contributed by atoms with Crippen molar-refractivity contribution in [2.45, 2.75) is 6.42 Å². The number of aliphatic carboxylic acids is 1. The summed E-state index contributed by atoms with van der Waals surface area (Å²) >= 11 is 11.7. The van der Waals surface area contributed by atoms with E-state index in [1.165, 1.54) is 0 Å². The SMILES string of the molecule is O=C(O)CNCCc1ccc(Cl)cc1Cl.